The van der Waals surface area contributed by atoms with Crippen LogP contribution >= 0.6 is 0 Å². The highest BCUT2D eigenvalue weighted by molar-refractivity contribution is 6.04. The van der Waals surface area contributed by atoms with E-state index in [1.807, 2.05) is 31.2 Å². The molecule has 0 saturated heterocycles. The summed E-state index contributed by atoms with van der Waals surface area (Å²) in [4.78, 5) is 12.5. The number of alkyl halides is 3. The quantitative estimate of drug-likeness (QED) is 0.460. The van der Waals surface area contributed by atoms with Crippen molar-refractivity contribution in [3.63, 3.8) is 0 Å². The van der Waals surface area contributed by atoms with E-state index in [0.29, 0.717) is 5.69 Å². The molecule has 3 aromatic carbocycles. The summed E-state index contributed by atoms with van der Waals surface area (Å²) in [5.41, 5.74) is 3.20. The molecule has 4 rings (SSSR count). The number of fused-ring (bicyclic) bond motifs is 1. The zero-order chi connectivity index (χ0) is 20.6. The number of anilines is 1. The molecule has 1 heterocycles. The van der Waals surface area contributed by atoms with Gasteiger partial charge in [0.15, 0.2) is 0 Å². The molecule has 1 aromatic heterocycles. The number of hydrogen-bond acceptors (Lipinski definition) is 2. The summed E-state index contributed by atoms with van der Waals surface area (Å²) in [5, 5.41) is 10.6. The lowest BCUT2D eigenvalue weighted by molar-refractivity contribution is -0.137. The smallest absolute Gasteiger partial charge is 0.322 e. The number of benzene rings is 3. The molecule has 146 valence electrons. The van der Waals surface area contributed by atoms with Crippen molar-refractivity contribution in [3.8, 4) is 11.1 Å². The Labute approximate surface area is 164 Å². The maximum atomic E-state index is 12.9. The Morgan fingerprint density at radius 3 is 2.62 bits per heavy atom. The zero-order valence-corrected chi connectivity index (χ0v) is 15.3. The van der Waals surface area contributed by atoms with E-state index in [1.54, 1.807) is 18.3 Å². The van der Waals surface area contributed by atoms with Gasteiger partial charge in [-0.05, 0) is 60.0 Å². The van der Waals surface area contributed by atoms with E-state index in [0.717, 1.165) is 39.7 Å². The van der Waals surface area contributed by atoms with Crippen molar-refractivity contribution in [3.05, 3.63) is 83.6 Å². The van der Waals surface area contributed by atoms with Gasteiger partial charge in [-0.25, -0.2) is 0 Å². The number of nitrogens with one attached hydrogen (secondary N) is 2. The number of hydrogen-bond donors (Lipinski definition) is 2. The lowest BCUT2D eigenvalue weighted by atomic mass is 10.0. The van der Waals surface area contributed by atoms with Crippen LogP contribution in [0.25, 0.3) is 22.0 Å². The molecule has 0 spiro atoms. The first-order chi connectivity index (χ1) is 13.8. The first-order valence-electron chi connectivity index (χ1n) is 8.83. The second-order valence-electron chi connectivity index (χ2n) is 6.79. The number of H-pyrrole nitrogens is 1. The summed E-state index contributed by atoms with van der Waals surface area (Å²) in [5.74, 6) is -0.600. The van der Waals surface area contributed by atoms with Crippen LogP contribution < -0.4 is 5.32 Å². The number of carbonyl (C=O) groups excluding carboxylic acids is 1. The van der Waals surface area contributed by atoms with Crippen molar-refractivity contribution in [2.24, 2.45) is 0 Å². The van der Waals surface area contributed by atoms with Gasteiger partial charge in [0.1, 0.15) is 0 Å². The highest BCUT2D eigenvalue weighted by atomic mass is 19.4. The molecule has 29 heavy (non-hydrogen) atoms. The maximum Gasteiger partial charge on any atom is 0.416 e. The van der Waals surface area contributed by atoms with Crippen molar-refractivity contribution >= 4 is 22.5 Å². The minimum Gasteiger partial charge on any atom is -0.322 e. The van der Waals surface area contributed by atoms with E-state index in [1.165, 1.54) is 12.1 Å². The molecule has 0 bridgehead atoms. The predicted octanol–water partition coefficient (Wildman–Crippen LogP) is 5.81. The van der Waals surface area contributed by atoms with Crippen LogP contribution in [0.1, 0.15) is 21.5 Å². The van der Waals surface area contributed by atoms with Gasteiger partial charge >= 0.3 is 6.18 Å². The summed E-state index contributed by atoms with van der Waals surface area (Å²) in [6.07, 6.45) is -2.77. The average molecular weight is 395 g/mol. The van der Waals surface area contributed by atoms with Crippen LogP contribution in [0, 0.1) is 6.92 Å². The highest BCUT2D eigenvalue weighted by Crippen LogP contribution is 2.30. The second kappa shape index (κ2) is 7.09. The molecular weight excluding hydrogens is 379 g/mol. The molecule has 0 saturated carbocycles. The van der Waals surface area contributed by atoms with Gasteiger partial charge in [-0.1, -0.05) is 24.3 Å². The molecule has 2 N–H and O–H groups in total. The van der Waals surface area contributed by atoms with Crippen LogP contribution in [0.15, 0.2) is 66.9 Å². The topological polar surface area (TPSA) is 57.8 Å². The van der Waals surface area contributed by atoms with Crippen LogP contribution in [0.2, 0.25) is 0 Å². The Balaban J connectivity index is 1.63. The highest BCUT2D eigenvalue weighted by Gasteiger charge is 2.30. The van der Waals surface area contributed by atoms with Crippen molar-refractivity contribution < 1.29 is 18.0 Å². The Bertz CT molecular complexity index is 1210. The number of aromatic amines is 1. The number of nitrogens with zero attached hydrogens (tertiary/aromatic N) is 1. The van der Waals surface area contributed by atoms with Gasteiger partial charge in [0, 0.05) is 16.6 Å². The normalized spacial score (nSPS) is 11.6. The molecule has 7 heteroatoms. The SMILES string of the molecule is Cc1cc(NC(=O)c2cccc(C(F)(F)F)c2)cc(-c2ccc3cn[nH]c3c2)c1. The van der Waals surface area contributed by atoms with Crippen LogP contribution in [0.3, 0.4) is 0 Å². The average Bonchev–Trinajstić information content (AvgIpc) is 3.14. The van der Waals surface area contributed by atoms with Gasteiger partial charge in [-0.15, -0.1) is 0 Å². The molecule has 0 fully saturated rings. The lowest BCUT2D eigenvalue weighted by Crippen LogP contribution is -2.14. The first kappa shape index (κ1) is 18.7. The summed E-state index contributed by atoms with van der Waals surface area (Å²) in [7, 11) is 0. The number of carbonyl (C=O) groups is 1. The standard InChI is InChI=1S/C22H16F3N3O/c1-13-7-17(14-5-6-16-12-26-28-20(16)11-14)10-19(8-13)27-21(29)15-3-2-4-18(9-15)22(23,24)25/h2-12H,1H3,(H,26,28)(H,27,29). The molecule has 0 atom stereocenters. The van der Waals surface area contributed by atoms with Gasteiger partial charge in [-0.2, -0.15) is 18.3 Å². The van der Waals surface area contributed by atoms with Gasteiger partial charge in [-0.3, -0.25) is 9.89 Å². The van der Waals surface area contributed by atoms with Crippen LogP contribution in [0.4, 0.5) is 18.9 Å². The first-order valence-corrected chi connectivity index (χ1v) is 8.83. The number of aromatic nitrogens is 2. The third kappa shape index (κ3) is 3.99. The van der Waals surface area contributed by atoms with Gasteiger partial charge in [0.05, 0.1) is 17.3 Å². The van der Waals surface area contributed by atoms with E-state index >= 15 is 0 Å². The van der Waals surface area contributed by atoms with E-state index in [4.69, 9.17) is 0 Å². The van der Waals surface area contributed by atoms with E-state index in [9.17, 15) is 18.0 Å². The maximum absolute atomic E-state index is 12.9. The van der Waals surface area contributed by atoms with Crippen LogP contribution in [-0.4, -0.2) is 16.1 Å². The fourth-order valence-electron chi connectivity index (χ4n) is 3.18. The Morgan fingerprint density at radius 1 is 1.00 bits per heavy atom. The van der Waals surface area contributed by atoms with E-state index < -0.39 is 17.6 Å². The molecule has 1 amide bonds. The Hall–Kier alpha value is -3.61. The van der Waals surface area contributed by atoms with E-state index in [2.05, 4.69) is 15.5 Å². The van der Waals surface area contributed by atoms with Crippen molar-refractivity contribution in [2.45, 2.75) is 13.1 Å². The predicted molar refractivity (Wildman–Crippen MR) is 106 cm³/mol. The molecular formula is C22H16F3N3O. The van der Waals surface area contributed by atoms with Crippen LogP contribution in [0.5, 0.6) is 0 Å². The fraction of sp³-hybridized carbons (Fsp3) is 0.0909. The van der Waals surface area contributed by atoms with Crippen molar-refractivity contribution in [2.75, 3.05) is 5.32 Å². The minimum atomic E-state index is -4.50. The molecule has 0 aliphatic carbocycles. The Morgan fingerprint density at radius 2 is 1.83 bits per heavy atom. The fourth-order valence-corrected chi connectivity index (χ4v) is 3.18. The van der Waals surface area contributed by atoms with Gasteiger partial charge < -0.3 is 5.32 Å². The second-order valence-corrected chi connectivity index (χ2v) is 6.79. The molecule has 4 aromatic rings. The third-order valence-corrected chi connectivity index (χ3v) is 4.56. The summed E-state index contributed by atoms with van der Waals surface area (Å²) < 4.78 is 38.7. The third-order valence-electron chi connectivity index (χ3n) is 4.56. The van der Waals surface area contributed by atoms with Gasteiger partial charge in [0.25, 0.3) is 5.91 Å². The molecule has 0 unspecified atom stereocenters. The van der Waals surface area contributed by atoms with Crippen molar-refractivity contribution in [1.82, 2.24) is 10.2 Å². The summed E-state index contributed by atoms with van der Waals surface area (Å²) in [6.45, 7) is 1.89. The largest absolute Gasteiger partial charge is 0.416 e. The number of rotatable bonds is 3. The van der Waals surface area contributed by atoms with E-state index in [-0.39, 0.29) is 5.56 Å². The van der Waals surface area contributed by atoms with Crippen LogP contribution in [-0.2, 0) is 6.18 Å². The monoisotopic (exact) mass is 395 g/mol. The minimum absolute atomic E-state index is 0.0539. The number of amides is 1. The Kier molecular flexibility index (Phi) is 4.58. The number of halogens is 3. The lowest BCUT2D eigenvalue weighted by Gasteiger charge is -2.11. The molecule has 0 aliphatic heterocycles. The molecule has 4 nitrogen and oxygen atoms in total. The summed E-state index contributed by atoms with van der Waals surface area (Å²) >= 11 is 0. The molecule has 0 aliphatic rings. The zero-order valence-electron chi connectivity index (χ0n) is 15.3. The number of aryl methyl sites for hydroxylation is 1. The van der Waals surface area contributed by atoms with Crippen molar-refractivity contribution in [1.29, 1.82) is 0 Å². The van der Waals surface area contributed by atoms with Gasteiger partial charge in [0.2, 0.25) is 0 Å². The summed E-state index contributed by atoms with van der Waals surface area (Å²) in [6, 6.07) is 15.7. The molecule has 0 radical (unpaired) electrons.